The highest BCUT2D eigenvalue weighted by Gasteiger charge is 2.44. The average molecular weight is 1400 g/mol. The predicted octanol–water partition coefficient (Wildman–Crippen LogP) is 7.30. The monoisotopic (exact) mass is 1400 g/mol. The number of aliphatic carboxylic acids is 1. The Morgan fingerprint density at radius 3 is 1.26 bits per heavy atom. The van der Waals surface area contributed by atoms with E-state index in [0.717, 1.165) is 98.0 Å². The normalized spacial score (nSPS) is 22.7. The summed E-state index contributed by atoms with van der Waals surface area (Å²) in [5.41, 5.74) is 3.53. The van der Waals surface area contributed by atoms with Crippen molar-refractivity contribution in [2.45, 2.75) is 235 Å². The third-order valence-corrected chi connectivity index (χ3v) is 19.5. The SMILES string of the molecule is CC.CC(C)(C)OC(=O)N1CCC(CC(=O)[C@@H]2CC[C@H](O)CN2)CC1.CC(C)(C)OC(=O)N1CCC(CC(=O)[C@@H]2CC[C@H](OS(=O)(=O)c3ccc([N+](=O)[O-])cc3)CN2S(=O)(=O)c2ccc([N+](=O)[O-])cc2)CC1.CC(C)(C)OC(=O)N1CCC(N)CC1.O=C(O)[C@@H]1CC[C@H](O)CN1. The van der Waals surface area contributed by atoms with E-state index in [9.17, 15) is 70.9 Å². The fourth-order valence-electron chi connectivity index (χ4n) is 11.1. The first-order valence-electron chi connectivity index (χ1n) is 32.9. The molecule has 6 atom stereocenters. The van der Waals surface area contributed by atoms with Gasteiger partial charge in [0, 0.05) is 102 Å². The molecule has 6 aliphatic heterocycles. The molecule has 6 aliphatic rings. The molecule has 6 saturated heterocycles. The van der Waals surface area contributed by atoms with Crippen molar-refractivity contribution in [1.29, 1.82) is 0 Å². The second-order valence-corrected chi connectivity index (χ2v) is 31.0. The number of aliphatic hydroxyl groups is 2. The van der Waals surface area contributed by atoms with Crippen LogP contribution in [0.25, 0.3) is 0 Å². The molecule has 32 heteroatoms. The number of non-ortho nitro benzene ring substituents is 2. The Morgan fingerprint density at radius 1 is 0.542 bits per heavy atom. The van der Waals surface area contributed by atoms with Crippen molar-refractivity contribution in [3.63, 3.8) is 0 Å². The number of piperidine rings is 6. The molecular weight excluding hydrogens is 1290 g/mol. The minimum absolute atomic E-state index is 0.00594. The van der Waals surface area contributed by atoms with Gasteiger partial charge in [-0.2, -0.15) is 12.7 Å². The molecule has 542 valence electrons. The van der Waals surface area contributed by atoms with Gasteiger partial charge in [-0.3, -0.25) is 38.8 Å². The van der Waals surface area contributed by atoms with Gasteiger partial charge < -0.3 is 60.6 Å². The number of rotatable bonds is 14. The molecule has 96 heavy (non-hydrogen) atoms. The first-order valence-corrected chi connectivity index (χ1v) is 35.8. The number of carbonyl (C=O) groups excluding carboxylic acids is 5. The zero-order valence-corrected chi connectivity index (χ0v) is 59.0. The molecule has 2 aromatic carbocycles. The largest absolute Gasteiger partial charge is 0.480 e. The number of ether oxygens (including phenoxy) is 3. The van der Waals surface area contributed by atoms with Crippen LogP contribution in [-0.4, -0.2) is 215 Å². The molecule has 6 fully saturated rings. The number of β-amino-alcohol motifs (C(OH)–C–C–N with tert-alkyl or cyclic N) is 2. The number of carboxylic acids is 1. The number of carboxylic acid groups (broad SMARTS) is 1. The maximum absolute atomic E-state index is 13.9. The van der Waals surface area contributed by atoms with Gasteiger partial charge >= 0.3 is 24.2 Å². The van der Waals surface area contributed by atoms with Crippen LogP contribution in [0.4, 0.5) is 25.8 Å². The Morgan fingerprint density at radius 2 is 0.906 bits per heavy atom. The van der Waals surface area contributed by atoms with Crippen molar-refractivity contribution in [3.05, 3.63) is 68.8 Å². The fraction of sp³-hybridized carbons (Fsp3) is 0.719. The Balaban J connectivity index is 0.000000326. The summed E-state index contributed by atoms with van der Waals surface area (Å²) in [7, 11) is -8.96. The molecular formula is C64H103N9O21S2. The number of amides is 3. The highest BCUT2D eigenvalue weighted by atomic mass is 32.2. The van der Waals surface area contributed by atoms with Crippen molar-refractivity contribution in [3.8, 4) is 0 Å². The summed E-state index contributed by atoms with van der Waals surface area (Å²) < 4.78 is 76.1. The van der Waals surface area contributed by atoms with Crippen LogP contribution in [0.3, 0.4) is 0 Å². The van der Waals surface area contributed by atoms with Crippen LogP contribution in [0, 0.1) is 32.1 Å². The Hall–Kier alpha value is -6.52. The zero-order valence-electron chi connectivity index (χ0n) is 57.3. The van der Waals surface area contributed by atoms with Crippen LogP contribution in [0.2, 0.25) is 0 Å². The lowest BCUT2D eigenvalue weighted by molar-refractivity contribution is -0.385. The molecule has 0 aliphatic carbocycles. The molecule has 0 bridgehead atoms. The van der Waals surface area contributed by atoms with Crippen LogP contribution in [0.5, 0.6) is 0 Å². The lowest BCUT2D eigenvalue weighted by Crippen LogP contribution is -2.53. The summed E-state index contributed by atoms with van der Waals surface area (Å²) in [6.07, 6.45) is 4.65. The number of benzene rings is 2. The van der Waals surface area contributed by atoms with E-state index < -0.39 is 83.6 Å². The summed E-state index contributed by atoms with van der Waals surface area (Å²) in [6, 6.07) is 6.62. The molecule has 7 N–H and O–H groups in total. The van der Waals surface area contributed by atoms with Gasteiger partial charge in [-0.1, -0.05) is 13.8 Å². The Kier molecular flexibility index (Phi) is 31.5. The minimum Gasteiger partial charge on any atom is -0.480 e. The topological polar surface area (TPSA) is 418 Å². The van der Waals surface area contributed by atoms with E-state index in [-0.39, 0.29) is 94.4 Å². The van der Waals surface area contributed by atoms with Crippen molar-refractivity contribution in [2.75, 3.05) is 58.9 Å². The highest BCUT2D eigenvalue weighted by Crippen LogP contribution is 2.34. The maximum atomic E-state index is 13.9. The van der Waals surface area contributed by atoms with Crippen molar-refractivity contribution in [2.24, 2.45) is 17.6 Å². The predicted molar refractivity (Wildman–Crippen MR) is 354 cm³/mol. The molecule has 3 amide bonds. The average Bonchev–Trinajstić information content (AvgIpc) is 0.772. The quantitative estimate of drug-likeness (QED) is 0.0467. The smallest absolute Gasteiger partial charge is 0.410 e. The van der Waals surface area contributed by atoms with Crippen LogP contribution in [-0.2, 0) is 52.9 Å². The zero-order chi connectivity index (χ0) is 72.1. The maximum Gasteiger partial charge on any atom is 0.410 e. The van der Waals surface area contributed by atoms with Crippen LogP contribution in [0.1, 0.15) is 166 Å². The highest BCUT2D eigenvalue weighted by molar-refractivity contribution is 7.89. The van der Waals surface area contributed by atoms with Crippen molar-refractivity contribution in [1.82, 2.24) is 29.6 Å². The van der Waals surface area contributed by atoms with Crippen molar-refractivity contribution < 1.29 is 89.2 Å². The third-order valence-electron chi connectivity index (χ3n) is 16.3. The van der Waals surface area contributed by atoms with E-state index >= 15 is 0 Å². The summed E-state index contributed by atoms with van der Waals surface area (Å²) in [5.74, 6) is -0.765. The number of nitrogens with two attached hydrogens (primary N) is 1. The van der Waals surface area contributed by atoms with Gasteiger partial charge in [0.05, 0.1) is 50.0 Å². The Labute approximate surface area is 564 Å². The van der Waals surface area contributed by atoms with E-state index in [1.54, 1.807) is 35.5 Å². The van der Waals surface area contributed by atoms with E-state index in [2.05, 4.69) is 10.6 Å². The Bertz CT molecular complexity index is 3100. The van der Waals surface area contributed by atoms with Gasteiger partial charge in [-0.25, -0.2) is 22.8 Å². The number of nitrogens with zero attached hydrogens (tertiary/aromatic N) is 6. The fourth-order valence-corrected chi connectivity index (χ4v) is 13.9. The number of aliphatic hydroxyl groups excluding tert-OH is 2. The standard InChI is InChI=1S/C29H36N4O12S2.C17H30N2O4.C10H20N2O2.C6H11NO3.C2H6/c1-29(2,3)44-28(35)30-16-14-20(15-17-30)18-27(34)26-13-8-23(45-47(42,43)25-11-6-22(7-12-25)33(38)39)19-31(26)46(40,41)24-9-4-21(5-10-24)32(36)37;1-17(2,3)23-16(22)19-8-6-12(7-9-19)10-15(21)14-5-4-13(20)11-18-14;1-10(2,3)14-9(13)12-6-4-8(11)5-7-12;8-4-1-2-5(6(9)10)7-3-4;1-2/h4-7,9-12,20,23,26H,8,13-19H2,1-3H3;12-14,18,20H,4-11H2,1-3H3;8H,4-7,11H2,1-3H3;4-5,7-8H,1-3H2,(H,9,10);1-2H3/t23-,26-;13-,14-;;4-,5-;/m00.0./s1. The van der Waals surface area contributed by atoms with Gasteiger partial charge in [0.1, 0.15) is 28.6 Å². The van der Waals surface area contributed by atoms with Gasteiger partial charge in [-0.15, -0.1) is 0 Å². The van der Waals surface area contributed by atoms with E-state index in [1.807, 2.05) is 55.4 Å². The molecule has 2 aromatic rings. The summed E-state index contributed by atoms with van der Waals surface area (Å²) in [4.78, 5) is 97.4. The summed E-state index contributed by atoms with van der Waals surface area (Å²) in [6.45, 7) is 24.4. The number of nitro benzene ring substituents is 2. The third kappa shape index (κ3) is 27.4. The molecule has 0 spiro atoms. The van der Waals surface area contributed by atoms with Crippen LogP contribution >= 0.6 is 0 Å². The van der Waals surface area contributed by atoms with E-state index in [0.29, 0.717) is 83.7 Å². The number of likely N-dealkylation sites (tertiary alicyclic amines) is 3. The van der Waals surface area contributed by atoms with Gasteiger partial charge in [0.2, 0.25) is 10.0 Å². The molecule has 0 saturated carbocycles. The number of ketones is 2. The molecule has 8 rings (SSSR count). The number of sulfonamides is 1. The molecule has 0 unspecified atom stereocenters. The lowest BCUT2D eigenvalue weighted by atomic mass is 9.88. The summed E-state index contributed by atoms with van der Waals surface area (Å²) in [5, 5.41) is 54.8. The second-order valence-electron chi connectivity index (χ2n) is 27.5. The van der Waals surface area contributed by atoms with E-state index in [4.69, 9.17) is 34.3 Å². The number of nitrogens with one attached hydrogen (secondary N) is 2. The molecule has 30 nitrogen and oxygen atoms in total. The van der Waals surface area contributed by atoms with Crippen molar-refractivity contribution >= 4 is 67.3 Å². The first kappa shape index (κ1) is 81.9. The number of hydrogen-bond donors (Lipinski definition) is 6. The first-order chi connectivity index (χ1) is 44.7. The van der Waals surface area contributed by atoms with Crippen LogP contribution in [0.15, 0.2) is 58.3 Å². The van der Waals surface area contributed by atoms with Crippen LogP contribution < -0.4 is 16.4 Å². The number of nitro groups is 2. The number of hydrogen-bond acceptors (Lipinski definition) is 23. The molecule has 0 aromatic heterocycles. The number of carbonyl (C=O) groups is 6. The van der Waals surface area contributed by atoms with Gasteiger partial charge in [0.25, 0.3) is 21.5 Å². The number of Topliss-reactive ketones (excluding diaryl/α,β-unsaturated/α-hetero) is 2. The lowest BCUT2D eigenvalue weighted by Gasteiger charge is -2.38. The summed E-state index contributed by atoms with van der Waals surface area (Å²) >= 11 is 0. The molecule has 0 radical (unpaired) electrons. The second kappa shape index (κ2) is 36.9. The molecule has 6 heterocycles. The van der Waals surface area contributed by atoms with E-state index in [1.165, 1.54) is 0 Å². The van der Waals surface area contributed by atoms with Gasteiger partial charge in [-0.05, 0) is 175 Å². The van der Waals surface area contributed by atoms with Gasteiger partial charge in [0.15, 0.2) is 5.78 Å². The minimum atomic E-state index is -4.48.